The maximum atomic E-state index is 12.2. The van der Waals surface area contributed by atoms with Crippen molar-refractivity contribution in [3.63, 3.8) is 0 Å². The van der Waals surface area contributed by atoms with E-state index >= 15 is 0 Å². The Balaban J connectivity index is 3.36. The Bertz CT molecular complexity index is 759. The fraction of sp³-hybridized carbons (Fsp3) is 0.444. The molecule has 0 fully saturated rings. The van der Waals surface area contributed by atoms with Crippen molar-refractivity contribution >= 4 is 42.3 Å². The molecule has 2 aromatic rings. The van der Waals surface area contributed by atoms with Crippen molar-refractivity contribution < 1.29 is 0 Å². The molecule has 0 aliphatic carbocycles. The van der Waals surface area contributed by atoms with Crippen LogP contribution in [0.25, 0.3) is 11.2 Å². The molecule has 0 saturated heterocycles. The molecule has 5 nitrogen and oxygen atoms in total. The van der Waals surface area contributed by atoms with Gasteiger partial charge in [0.25, 0.3) is 0 Å². The molecule has 0 aliphatic heterocycles. The van der Waals surface area contributed by atoms with Gasteiger partial charge in [0.2, 0.25) is 0 Å². The van der Waals surface area contributed by atoms with Crippen LogP contribution in [0.2, 0.25) is 0 Å². The average Bonchev–Trinajstić information content (AvgIpc) is 2.48. The number of aromatic nitrogens is 4. The number of rotatable bonds is 0. The van der Waals surface area contributed by atoms with E-state index in [0.717, 1.165) is 14.3 Å². The molecule has 0 radical (unpaired) electrons. The predicted molar refractivity (Wildman–Crippen MR) is 64.1 cm³/mol. The number of fused-ring (bicyclic) bond motifs is 1. The summed E-state index contributed by atoms with van der Waals surface area (Å²) in [7, 11) is 7.52. The van der Waals surface area contributed by atoms with Gasteiger partial charge in [-0.05, 0) is 0 Å². The van der Waals surface area contributed by atoms with Gasteiger partial charge >= 0.3 is 108 Å². The summed E-state index contributed by atoms with van der Waals surface area (Å²) in [5.41, 5.74) is 1.59. The van der Waals surface area contributed by atoms with Gasteiger partial charge in [0.1, 0.15) is 0 Å². The summed E-state index contributed by atoms with van der Waals surface area (Å²) in [4.78, 5) is 12.2. The number of hydrogen-bond donors (Lipinski definition) is 0. The average molecular weight is 350 g/mol. The molecule has 0 atom stereocenters. The molecule has 2 heterocycles. The van der Waals surface area contributed by atoms with Crippen LogP contribution in [-0.4, -0.2) is 49.4 Å². The Labute approximate surface area is 108 Å². The summed E-state index contributed by atoms with van der Waals surface area (Å²) >= 11 is 5.90. The first-order valence-corrected chi connectivity index (χ1v) is 6.40. The zero-order valence-corrected chi connectivity index (χ0v) is 12.9. The SMILES string of the molecule is Cn1c(=O)c2c(n(C)c1=[Se])n(C)c(=[Se])n2C. The number of hydrogen-bond acceptors (Lipinski definition) is 1. The Kier molecular flexibility index (Phi) is 2.75. The van der Waals surface area contributed by atoms with E-state index < -0.39 is 0 Å². The quantitative estimate of drug-likeness (QED) is 0.559. The third-order valence-corrected chi connectivity index (χ3v) is 5.14. The van der Waals surface area contributed by atoms with Crippen LogP contribution in [0, 0.1) is 8.65 Å². The molecule has 0 amide bonds. The van der Waals surface area contributed by atoms with E-state index in [1.165, 1.54) is 0 Å². The first-order valence-electron chi connectivity index (χ1n) is 4.69. The molecule has 7 heteroatoms. The number of aryl methyl sites for hydroxylation is 3. The third kappa shape index (κ3) is 1.32. The second-order valence-corrected chi connectivity index (χ2v) is 5.31. The molecule has 86 valence electrons. The Hall–Kier alpha value is -0.611. The summed E-state index contributed by atoms with van der Waals surface area (Å²) < 4.78 is 9.15. The van der Waals surface area contributed by atoms with Crippen molar-refractivity contribution in [2.45, 2.75) is 0 Å². The summed E-state index contributed by atoms with van der Waals surface area (Å²) in [6.45, 7) is 0. The number of nitrogens with zero attached hydrogens (tertiary/aromatic N) is 4. The van der Waals surface area contributed by atoms with E-state index in [1.807, 2.05) is 34.8 Å². The van der Waals surface area contributed by atoms with E-state index in [0.29, 0.717) is 5.52 Å². The first-order chi connectivity index (χ1) is 7.37. The summed E-state index contributed by atoms with van der Waals surface area (Å²) in [6, 6.07) is 0. The van der Waals surface area contributed by atoms with E-state index in [-0.39, 0.29) is 5.56 Å². The Morgan fingerprint density at radius 1 is 0.812 bits per heavy atom. The Morgan fingerprint density at radius 2 is 1.25 bits per heavy atom. The van der Waals surface area contributed by atoms with E-state index in [9.17, 15) is 4.79 Å². The standard InChI is InChI=1S/C9H12N4OSe2/c1-10-5-6(11(2)8(10)15)12(3)9(16)13(4)7(5)14/h1-4H3. The minimum absolute atomic E-state index is 0.00134. The molecule has 0 saturated carbocycles. The zero-order chi connectivity index (χ0) is 12.2. The molecule has 0 aliphatic rings. The van der Waals surface area contributed by atoms with Gasteiger partial charge in [-0.25, -0.2) is 0 Å². The minimum atomic E-state index is 0.00134. The molecular formula is C9H12N4OSe2. The summed E-state index contributed by atoms with van der Waals surface area (Å²) in [6.07, 6.45) is 0. The van der Waals surface area contributed by atoms with Gasteiger partial charge in [-0.15, -0.1) is 0 Å². The van der Waals surface area contributed by atoms with Gasteiger partial charge in [-0.2, -0.15) is 0 Å². The van der Waals surface area contributed by atoms with Crippen LogP contribution in [0.15, 0.2) is 4.79 Å². The molecule has 0 bridgehead atoms. The molecule has 0 spiro atoms. The topological polar surface area (TPSA) is 36.8 Å². The first kappa shape index (κ1) is 11.9. The molecule has 0 unspecified atom stereocenters. The summed E-state index contributed by atoms with van der Waals surface area (Å²) in [5, 5.41) is 0. The van der Waals surface area contributed by atoms with Crippen molar-refractivity contribution in [3.05, 3.63) is 19.0 Å². The van der Waals surface area contributed by atoms with Crippen molar-refractivity contribution in [2.75, 3.05) is 0 Å². The third-order valence-electron chi connectivity index (χ3n) is 2.84. The normalized spacial score (nSPS) is 11.2. The van der Waals surface area contributed by atoms with Crippen LogP contribution in [-0.2, 0) is 28.2 Å². The second kappa shape index (κ2) is 3.70. The Morgan fingerprint density at radius 3 is 1.75 bits per heavy atom. The molecule has 16 heavy (non-hydrogen) atoms. The van der Waals surface area contributed by atoms with Crippen LogP contribution in [0.3, 0.4) is 0 Å². The maximum absolute atomic E-state index is 12.2. The van der Waals surface area contributed by atoms with Crippen LogP contribution in [0.4, 0.5) is 0 Å². The molecule has 0 N–H and O–H groups in total. The fourth-order valence-electron chi connectivity index (χ4n) is 1.90. The summed E-state index contributed by atoms with van der Waals surface area (Å²) in [5.74, 6) is 0. The van der Waals surface area contributed by atoms with E-state index in [2.05, 4.69) is 31.2 Å². The van der Waals surface area contributed by atoms with Gasteiger partial charge in [0, 0.05) is 0 Å². The van der Waals surface area contributed by atoms with Gasteiger partial charge < -0.3 is 0 Å². The van der Waals surface area contributed by atoms with Crippen LogP contribution in [0.1, 0.15) is 0 Å². The van der Waals surface area contributed by atoms with Crippen molar-refractivity contribution in [1.82, 2.24) is 18.3 Å². The molecular weight excluding hydrogens is 338 g/mol. The second-order valence-electron chi connectivity index (χ2n) is 3.78. The van der Waals surface area contributed by atoms with Crippen LogP contribution in [0.5, 0.6) is 0 Å². The van der Waals surface area contributed by atoms with Gasteiger partial charge in [0.15, 0.2) is 0 Å². The predicted octanol–water partition coefficient (Wildman–Crippen LogP) is -1.05. The van der Waals surface area contributed by atoms with Gasteiger partial charge in [-0.3, -0.25) is 0 Å². The van der Waals surface area contributed by atoms with Crippen LogP contribution < -0.4 is 5.56 Å². The van der Waals surface area contributed by atoms with Gasteiger partial charge in [-0.1, -0.05) is 0 Å². The molecule has 2 rings (SSSR count). The van der Waals surface area contributed by atoms with Crippen molar-refractivity contribution in [1.29, 1.82) is 0 Å². The van der Waals surface area contributed by atoms with Crippen molar-refractivity contribution in [3.8, 4) is 0 Å². The van der Waals surface area contributed by atoms with E-state index in [1.54, 1.807) is 11.6 Å². The monoisotopic (exact) mass is 352 g/mol. The van der Waals surface area contributed by atoms with Crippen LogP contribution >= 0.6 is 0 Å². The van der Waals surface area contributed by atoms with E-state index in [4.69, 9.17) is 0 Å². The number of imidazole rings is 1. The fourth-order valence-corrected chi connectivity index (χ4v) is 2.63. The zero-order valence-electron chi connectivity index (χ0n) is 9.51. The van der Waals surface area contributed by atoms with Gasteiger partial charge in [0.05, 0.1) is 0 Å². The van der Waals surface area contributed by atoms with Crippen molar-refractivity contribution in [2.24, 2.45) is 28.2 Å². The molecule has 0 aromatic carbocycles. The molecule has 2 aromatic heterocycles.